The van der Waals surface area contributed by atoms with E-state index >= 15 is 0 Å². The highest BCUT2D eigenvalue weighted by Crippen LogP contribution is 2.19. The van der Waals surface area contributed by atoms with Gasteiger partial charge in [0, 0.05) is 16.7 Å². The molecule has 11 heavy (non-hydrogen) atoms. The fourth-order valence-corrected chi connectivity index (χ4v) is 1.78. The average molecular weight is 235 g/mol. The summed E-state index contributed by atoms with van der Waals surface area (Å²) in [4.78, 5) is 4.41. The zero-order valence-corrected chi connectivity index (χ0v) is 8.28. The minimum Gasteiger partial charge on any atom is -0.612 e. The molecule has 0 aliphatic rings. The van der Waals surface area contributed by atoms with Crippen molar-refractivity contribution in [2.45, 2.75) is 4.90 Å². The summed E-state index contributed by atoms with van der Waals surface area (Å²) in [5.41, 5.74) is 5.47. The lowest BCUT2D eigenvalue weighted by atomic mass is 10.5. The van der Waals surface area contributed by atoms with Crippen molar-refractivity contribution in [2.75, 3.05) is 12.0 Å². The van der Waals surface area contributed by atoms with Crippen LogP contribution in [0, 0.1) is 0 Å². The number of nitrogens with two attached hydrogens (primary N) is 1. The molecule has 0 radical (unpaired) electrons. The largest absolute Gasteiger partial charge is 0.612 e. The van der Waals surface area contributed by atoms with Gasteiger partial charge in [-0.2, -0.15) is 0 Å². The van der Waals surface area contributed by atoms with E-state index in [0.717, 1.165) is 4.47 Å². The van der Waals surface area contributed by atoms with Crippen LogP contribution >= 0.6 is 15.9 Å². The molecule has 0 saturated heterocycles. The number of halogens is 1. The molecular weight excluding hydrogens is 228 g/mol. The lowest BCUT2D eigenvalue weighted by molar-refractivity contribution is 0.601. The van der Waals surface area contributed by atoms with Crippen LogP contribution in [0.2, 0.25) is 0 Å². The van der Waals surface area contributed by atoms with Crippen molar-refractivity contribution < 1.29 is 4.55 Å². The highest BCUT2D eigenvalue weighted by molar-refractivity contribution is 9.10. The molecule has 0 fully saturated rings. The summed E-state index contributed by atoms with van der Waals surface area (Å²) < 4.78 is 11.8. The standard InChI is InChI=1S/C6H7BrN2OS/c1-11(10)5-2-4(7)3-9-6(5)8/h2-3H,1H3,(H2,8,9). The van der Waals surface area contributed by atoms with Crippen LogP contribution < -0.4 is 5.73 Å². The highest BCUT2D eigenvalue weighted by Gasteiger charge is 2.10. The summed E-state index contributed by atoms with van der Waals surface area (Å²) in [7, 11) is 0. The summed E-state index contributed by atoms with van der Waals surface area (Å²) in [6.45, 7) is 0. The van der Waals surface area contributed by atoms with E-state index in [-0.39, 0.29) is 0 Å². The third kappa shape index (κ3) is 2.08. The molecule has 5 heteroatoms. The molecule has 0 aliphatic heterocycles. The summed E-state index contributed by atoms with van der Waals surface area (Å²) >= 11 is 2.14. The summed E-state index contributed by atoms with van der Waals surface area (Å²) in [5, 5.41) is 0. The molecule has 1 heterocycles. The Balaban J connectivity index is 3.13. The zero-order chi connectivity index (χ0) is 8.43. The Morgan fingerprint density at radius 1 is 1.73 bits per heavy atom. The smallest absolute Gasteiger partial charge is 0.195 e. The topological polar surface area (TPSA) is 62.0 Å². The van der Waals surface area contributed by atoms with Gasteiger partial charge in [-0.05, 0) is 27.1 Å². The van der Waals surface area contributed by atoms with Crippen LogP contribution in [0.1, 0.15) is 0 Å². The van der Waals surface area contributed by atoms with Gasteiger partial charge in [0.1, 0.15) is 6.26 Å². The van der Waals surface area contributed by atoms with E-state index in [1.165, 1.54) is 0 Å². The van der Waals surface area contributed by atoms with Gasteiger partial charge in [-0.3, -0.25) is 0 Å². The number of pyridine rings is 1. The molecule has 1 rings (SSSR count). The fraction of sp³-hybridized carbons (Fsp3) is 0.167. The molecule has 0 spiro atoms. The van der Waals surface area contributed by atoms with E-state index in [9.17, 15) is 4.55 Å². The monoisotopic (exact) mass is 234 g/mol. The Morgan fingerprint density at radius 3 is 2.82 bits per heavy atom. The van der Waals surface area contributed by atoms with Crippen LogP contribution in [0.25, 0.3) is 0 Å². The second-order valence-corrected chi connectivity index (χ2v) is 4.25. The number of aromatic nitrogens is 1. The van der Waals surface area contributed by atoms with Crippen LogP contribution in [-0.4, -0.2) is 15.8 Å². The van der Waals surface area contributed by atoms with Crippen LogP contribution in [0.5, 0.6) is 0 Å². The zero-order valence-electron chi connectivity index (χ0n) is 5.87. The molecule has 2 N–H and O–H groups in total. The second-order valence-electron chi connectivity index (χ2n) is 1.99. The predicted octanol–water partition coefficient (Wildman–Crippen LogP) is 1.16. The van der Waals surface area contributed by atoms with Crippen molar-refractivity contribution in [1.29, 1.82) is 0 Å². The Labute approximate surface area is 76.3 Å². The Bertz CT molecular complexity index is 267. The molecule has 0 aliphatic carbocycles. The summed E-state index contributed by atoms with van der Waals surface area (Å²) in [5.74, 6) is 0.328. The second kappa shape index (κ2) is 3.42. The number of nitrogen functional groups attached to an aromatic ring is 1. The third-order valence-corrected chi connectivity index (χ3v) is 2.54. The molecule has 1 aromatic rings. The molecule has 0 saturated carbocycles. The van der Waals surface area contributed by atoms with Crippen LogP contribution in [0.3, 0.4) is 0 Å². The normalized spacial score (nSPS) is 13.0. The van der Waals surface area contributed by atoms with Crippen molar-refractivity contribution >= 4 is 32.9 Å². The van der Waals surface area contributed by atoms with Crippen LogP contribution in [0.15, 0.2) is 21.6 Å². The molecule has 0 aromatic carbocycles. The van der Waals surface area contributed by atoms with E-state index in [0.29, 0.717) is 10.7 Å². The van der Waals surface area contributed by atoms with Crippen molar-refractivity contribution in [3.8, 4) is 0 Å². The number of rotatable bonds is 1. The van der Waals surface area contributed by atoms with E-state index in [1.54, 1.807) is 18.5 Å². The maximum atomic E-state index is 11.0. The number of nitrogens with zero attached hydrogens (tertiary/aromatic N) is 1. The Morgan fingerprint density at radius 2 is 2.36 bits per heavy atom. The molecule has 1 aromatic heterocycles. The first-order chi connectivity index (χ1) is 5.11. The minimum absolute atomic E-state index is 0.328. The molecule has 3 nitrogen and oxygen atoms in total. The maximum Gasteiger partial charge on any atom is 0.195 e. The molecule has 60 valence electrons. The van der Waals surface area contributed by atoms with Crippen LogP contribution in [-0.2, 0) is 11.2 Å². The van der Waals surface area contributed by atoms with Gasteiger partial charge in [-0.25, -0.2) is 4.98 Å². The van der Waals surface area contributed by atoms with Gasteiger partial charge in [0.25, 0.3) is 0 Å². The SMILES string of the molecule is C[S+]([O-])c1cc(Br)cnc1N. The van der Waals surface area contributed by atoms with Gasteiger partial charge in [0.2, 0.25) is 0 Å². The van der Waals surface area contributed by atoms with Gasteiger partial charge in [0.05, 0.1) is 0 Å². The van der Waals surface area contributed by atoms with Gasteiger partial charge < -0.3 is 10.3 Å². The molecular formula is C6H7BrN2OS. The van der Waals surface area contributed by atoms with Crippen molar-refractivity contribution in [2.24, 2.45) is 0 Å². The first kappa shape index (κ1) is 8.83. The van der Waals surface area contributed by atoms with Gasteiger partial charge >= 0.3 is 0 Å². The van der Waals surface area contributed by atoms with Crippen molar-refractivity contribution in [3.63, 3.8) is 0 Å². The number of hydrogen-bond donors (Lipinski definition) is 1. The van der Waals surface area contributed by atoms with Gasteiger partial charge in [-0.1, -0.05) is 0 Å². The molecule has 0 bridgehead atoms. The van der Waals surface area contributed by atoms with E-state index in [1.807, 2.05) is 0 Å². The van der Waals surface area contributed by atoms with Crippen LogP contribution in [0.4, 0.5) is 5.82 Å². The van der Waals surface area contributed by atoms with E-state index in [4.69, 9.17) is 5.73 Å². The van der Waals surface area contributed by atoms with E-state index < -0.39 is 11.2 Å². The van der Waals surface area contributed by atoms with Crippen molar-refractivity contribution in [1.82, 2.24) is 4.98 Å². The predicted molar refractivity (Wildman–Crippen MR) is 48.7 cm³/mol. The number of anilines is 1. The van der Waals surface area contributed by atoms with Gasteiger partial charge in [0.15, 0.2) is 10.7 Å². The van der Waals surface area contributed by atoms with Gasteiger partial charge in [-0.15, -0.1) is 0 Å². The lowest BCUT2D eigenvalue weighted by Gasteiger charge is -2.05. The molecule has 1 unspecified atom stereocenters. The highest BCUT2D eigenvalue weighted by atomic mass is 79.9. The lowest BCUT2D eigenvalue weighted by Crippen LogP contribution is -2.03. The Hall–Kier alpha value is -0.260. The van der Waals surface area contributed by atoms with Crippen molar-refractivity contribution in [3.05, 3.63) is 16.7 Å². The summed E-state index contributed by atoms with van der Waals surface area (Å²) in [6.07, 6.45) is 3.14. The average Bonchev–Trinajstić information content (AvgIpc) is 1.94. The Kier molecular flexibility index (Phi) is 2.75. The quantitative estimate of drug-likeness (QED) is 0.743. The maximum absolute atomic E-state index is 11.0. The van der Waals surface area contributed by atoms with E-state index in [2.05, 4.69) is 20.9 Å². The third-order valence-electron chi connectivity index (χ3n) is 1.16. The first-order valence-corrected chi connectivity index (χ1v) is 5.21. The number of hydrogen-bond acceptors (Lipinski definition) is 3. The summed E-state index contributed by atoms with van der Waals surface area (Å²) in [6, 6.07) is 1.71. The first-order valence-electron chi connectivity index (χ1n) is 2.85. The minimum atomic E-state index is -1.07. The molecule has 1 atom stereocenters. The molecule has 0 amide bonds. The fourth-order valence-electron chi connectivity index (χ4n) is 0.662.